The van der Waals surface area contributed by atoms with Crippen molar-refractivity contribution in [2.75, 3.05) is 5.73 Å². The maximum atomic E-state index is 10.7. The van der Waals surface area contributed by atoms with Gasteiger partial charge in [-0.15, -0.1) is 11.3 Å². The third kappa shape index (κ3) is 3.52. The lowest BCUT2D eigenvalue weighted by molar-refractivity contribution is -0.138. The number of carboxylic acids is 1. The van der Waals surface area contributed by atoms with Crippen molar-refractivity contribution in [3.05, 3.63) is 45.9 Å². The van der Waals surface area contributed by atoms with E-state index in [1.165, 1.54) is 11.3 Å². The molecule has 0 saturated heterocycles. The first kappa shape index (κ1) is 13.5. The van der Waals surface area contributed by atoms with Gasteiger partial charge in [0.1, 0.15) is 6.04 Å². The largest absolute Gasteiger partial charge is 0.480 e. The Labute approximate surface area is 114 Å². The van der Waals surface area contributed by atoms with E-state index >= 15 is 0 Å². The number of rotatable bonds is 5. The fourth-order valence-corrected chi connectivity index (χ4v) is 2.52. The van der Waals surface area contributed by atoms with Crippen molar-refractivity contribution in [3.63, 3.8) is 0 Å². The predicted octanol–water partition coefficient (Wildman–Crippen LogP) is 1.27. The summed E-state index contributed by atoms with van der Waals surface area (Å²) in [5.74, 6) is -1.01. The number of aliphatic carboxylic acids is 1. The molecule has 0 amide bonds. The highest BCUT2D eigenvalue weighted by atomic mass is 32.1. The molecule has 19 heavy (non-hydrogen) atoms. The molecule has 2 rings (SSSR count). The van der Waals surface area contributed by atoms with Crippen LogP contribution in [0.4, 0.5) is 5.69 Å². The summed E-state index contributed by atoms with van der Waals surface area (Å²) in [4.78, 5) is 15.1. The smallest absolute Gasteiger partial charge is 0.320 e. The molecule has 1 aromatic heterocycles. The first-order valence-electron chi connectivity index (χ1n) is 5.81. The van der Waals surface area contributed by atoms with Crippen LogP contribution in [0.5, 0.6) is 0 Å². The van der Waals surface area contributed by atoms with E-state index in [0.717, 1.165) is 16.3 Å². The van der Waals surface area contributed by atoms with Crippen molar-refractivity contribution >= 4 is 23.0 Å². The highest BCUT2D eigenvalue weighted by Crippen LogP contribution is 2.19. The first-order chi connectivity index (χ1) is 9.06. The fourth-order valence-electron chi connectivity index (χ4n) is 1.69. The number of carbonyl (C=O) groups is 1. The molecule has 0 spiro atoms. The Hall–Kier alpha value is -1.92. The van der Waals surface area contributed by atoms with Crippen molar-refractivity contribution in [1.82, 2.24) is 4.98 Å². The van der Waals surface area contributed by atoms with E-state index in [9.17, 15) is 4.79 Å². The third-order valence-corrected chi connectivity index (χ3v) is 3.64. The quantitative estimate of drug-likeness (QED) is 0.714. The van der Waals surface area contributed by atoms with E-state index in [4.69, 9.17) is 16.6 Å². The van der Waals surface area contributed by atoms with Crippen LogP contribution >= 0.6 is 11.3 Å². The molecule has 6 heteroatoms. The lowest BCUT2D eigenvalue weighted by Crippen LogP contribution is -2.32. The standard InChI is InChI=1S/C13H15N3O2S/c14-10-4-2-1-3-8(10)5-12-16-9(7-19-12)6-11(15)13(17)18/h1-4,7,11H,5-6,14-15H2,(H,17,18). The molecule has 100 valence electrons. The Balaban J connectivity index is 2.06. The number of carboxylic acid groups (broad SMARTS) is 1. The van der Waals surface area contributed by atoms with Gasteiger partial charge in [-0.1, -0.05) is 18.2 Å². The highest BCUT2D eigenvalue weighted by Gasteiger charge is 2.14. The van der Waals surface area contributed by atoms with Crippen LogP contribution < -0.4 is 11.5 Å². The van der Waals surface area contributed by atoms with Gasteiger partial charge in [-0.05, 0) is 11.6 Å². The minimum absolute atomic E-state index is 0.246. The third-order valence-electron chi connectivity index (χ3n) is 2.74. The zero-order valence-electron chi connectivity index (χ0n) is 10.2. The van der Waals surface area contributed by atoms with Gasteiger partial charge in [-0.25, -0.2) is 4.98 Å². The first-order valence-corrected chi connectivity index (χ1v) is 6.69. The van der Waals surface area contributed by atoms with Gasteiger partial charge >= 0.3 is 5.97 Å². The molecule has 1 atom stereocenters. The average Bonchev–Trinajstić information content (AvgIpc) is 2.79. The van der Waals surface area contributed by atoms with E-state index in [1.54, 1.807) is 0 Å². The minimum Gasteiger partial charge on any atom is -0.480 e. The Morgan fingerprint density at radius 3 is 2.84 bits per heavy atom. The van der Waals surface area contributed by atoms with Crippen LogP contribution in [0.3, 0.4) is 0 Å². The monoisotopic (exact) mass is 277 g/mol. The molecule has 0 aliphatic carbocycles. The number of thiazole rings is 1. The second kappa shape index (κ2) is 5.81. The maximum Gasteiger partial charge on any atom is 0.320 e. The van der Waals surface area contributed by atoms with Gasteiger partial charge in [0, 0.05) is 23.9 Å². The molecular weight excluding hydrogens is 262 g/mol. The molecule has 0 aliphatic heterocycles. The van der Waals surface area contributed by atoms with Gasteiger partial charge in [0.25, 0.3) is 0 Å². The molecule has 0 radical (unpaired) electrons. The van der Waals surface area contributed by atoms with Crippen molar-refractivity contribution in [2.24, 2.45) is 5.73 Å². The number of para-hydroxylation sites is 1. The second-order valence-electron chi connectivity index (χ2n) is 4.26. The predicted molar refractivity (Wildman–Crippen MR) is 75.1 cm³/mol. The summed E-state index contributed by atoms with van der Waals surface area (Å²) < 4.78 is 0. The highest BCUT2D eigenvalue weighted by molar-refractivity contribution is 7.09. The molecule has 2 aromatic rings. The zero-order valence-corrected chi connectivity index (χ0v) is 11.1. The molecule has 1 heterocycles. The number of hydrogen-bond donors (Lipinski definition) is 3. The van der Waals surface area contributed by atoms with Gasteiger partial charge in [0.05, 0.1) is 10.7 Å². The van der Waals surface area contributed by atoms with E-state index < -0.39 is 12.0 Å². The second-order valence-corrected chi connectivity index (χ2v) is 5.20. The van der Waals surface area contributed by atoms with Crippen molar-refractivity contribution in [2.45, 2.75) is 18.9 Å². The van der Waals surface area contributed by atoms with Crippen molar-refractivity contribution in [3.8, 4) is 0 Å². The Bertz CT molecular complexity index is 583. The summed E-state index contributed by atoms with van der Waals surface area (Å²) in [6.07, 6.45) is 0.899. The van der Waals surface area contributed by atoms with Crippen molar-refractivity contribution in [1.29, 1.82) is 0 Å². The SMILES string of the molecule is Nc1ccccc1Cc1nc(CC(N)C(=O)O)cs1. The number of nitrogens with two attached hydrogens (primary N) is 2. The van der Waals surface area contributed by atoms with Crippen LogP contribution in [-0.2, 0) is 17.6 Å². The van der Waals surface area contributed by atoms with Gasteiger partial charge < -0.3 is 16.6 Å². The minimum atomic E-state index is -1.01. The van der Waals surface area contributed by atoms with Gasteiger partial charge in [-0.3, -0.25) is 4.79 Å². The lowest BCUT2D eigenvalue weighted by atomic mass is 10.1. The topological polar surface area (TPSA) is 102 Å². The number of anilines is 1. The van der Waals surface area contributed by atoms with E-state index in [0.29, 0.717) is 12.1 Å². The van der Waals surface area contributed by atoms with Gasteiger partial charge in [0.2, 0.25) is 0 Å². The van der Waals surface area contributed by atoms with Gasteiger partial charge in [0.15, 0.2) is 0 Å². The number of nitrogens with zero attached hydrogens (tertiary/aromatic N) is 1. The van der Waals surface area contributed by atoms with E-state index in [2.05, 4.69) is 4.98 Å². The Kier molecular flexibility index (Phi) is 4.13. The summed E-state index contributed by atoms with van der Waals surface area (Å²) in [7, 11) is 0. The summed E-state index contributed by atoms with van der Waals surface area (Å²) in [5.41, 5.74) is 13.8. The van der Waals surface area contributed by atoms with Crippen LogP contribution in [-0.4, -0.2) is 22.1 Å². The van der Waals surface area contributed by atoms with Crippen LogP contribution in [0.15, 0.2) is 29.6 Å². The van der Waals surface area contributed by atoms with Crippen LogP contribution in [0.1, 0.15) is 16.3 Å². The summed E-state index contributed by atoms with van der Waals surface area (Å²) >= 11 is 1.49. The molecule has 0 bridgehead atoms. The lowest BCUT2D eigenvalue weighted by Gasteiger charge is -2.03. The summed E-state index contributed by atoms with van der Waals surface area (Å²) in [6, 6.07) is 6.72. The van der Waals surface area contributed by atoms with Crippen LogP contribution in [0.2, 0.25) is 0 Å². The van der Waals surface area contributed by atoms with Crippen molar-refractivity contribution < 1.29 is 9.90 Å². The van der Waals surface area contributed by atoms with E-state index in [1.807, 2.05) is 29.6 Å². The normalized spacial score (nSPS) is 12.3. The van der Waals surface area contributed by atoms with Crippen LogP contribution in [0, 0.1) is 0 Å². The molecule has 1 aromatic carbocycles. The molecule has 5 nitrogen and oxygen atoms in total. The zero-order chi connectivity index (χ0) is 13.8. The number of nitrogen functional groups attached to an aromatic ring is 1. The summed E-state index contributed by atoms with van der Waals surface area (Å²) in [5, 5.41) is 11.5. The summed E-state index contributed by atoms with van der Waals surface area (Å²) in [6.45, 7) is 0. The molecule has 0 fully saturated rings. The fraction of sp³-hybridized carbons (Fsp3) is 0.231. The number of benzene rings is 1. The molecular formula is C13H15N3O2S. The Morgan fingerprint density at radius 2 is 2.16 bits per heavy atom. The molecule has 0 aliphatic rings. The average molecular weight is 277 g/mol. The Morgan fingerprint density at radius 1 is 1.42 bits per heavy atom. The molecule has 0 saturated carbocycles. The van der Waals surface area contributed by atoms with Crippen LogP contribution in [0.25, 0.3) is 0 Å². The number of aromatic nitrogens is 1. The van der Waals surface area contributed by atoms with E-state index in [-0.39, 0.29) is 6.42 Å². The molecule has 1 unspecified atom stereocenters. The van der Waals surface area contributed by atoms with Gasteiger partial charge in [-0.2, -0.15) is 0 Å². The maximum absolute atomic E-state index is 10.7. The molecule has 5 N–H and O–H groups in total. The number of hydrogen-bond acceptors (Lipinski definition) is 5.